The van der Waals surface area contributed by atoms with Crippen molar-refractivity contribution < 1.29 is 9.53 Å². The highest BCUT2D eigenvalue weighted by atomic mass is 32.1. The van der Waals surface area contributed by atoms with Crippen LogP contribution in [-0.4, -0.2) is 23.0 Å². The molecule has 0 fully saturated rings. The van der Waals surface area contributed by atoms with Gasteiger partial charge in [-0.15, -0.1) is 0 Å². The van der Waals surface area contributed by atoms with Crippen LogP contribution in [0.5, 0.6) is 0 Å². The molecule has 0 spiro atoms. The van der Waals surface area contributed by atoms with E-state index in [2.05, 4.69) is 28.3 Å². The van der Waals surface area contributed by atoms with Crippen molar-refractivity contribution in [1.82, 2.24) is 9.97 Å². The second-order valence-corrected chi connectivity index (χ2v) is 5.24. The maximum Gasteiger partial charge on any atom is 0.350 e. The topological polar surface area (TPSA) is 64.1 Å². The van der Waals surface area contributed by atoms with Gasteiger partial charge in [0.1, 0.15) is 4.88 Å². The molecule has 1 N–H and O–H groups in total. The largest absolute Gasteiger partial charge is 0.465 e. The number of carbonyl (C=O) groups is 1. The average molecular weight is 291 g/mol. The summed E-state index contributed by atoms with van der Waals surface area (Å²) in [6, 6.07) is 4.00. The first-order valence-corrected chi connectivity index (χ1v) is 7.19. The molecule has 0 aliphatic heterocycles. The maximum absolute atomic E-state index is 11.5. The lowest BCUT2D eigenvalue weighted by molar-refractivity contribution is 0.0605. The molecule has 0 unspecified atom stereocenters. The van der Waals surface area contributed by atoms with E-state index >= 15 is 0 Å². The first-order valence-electron chi connectivity index (χ1n) is 6.38. The molecule has 0 saturated carbocycles. The summed E-state index contributed by atoms with van der Waals surface area (Å²) in [5.74, 6) is -0.347. The molecule has 20 heavy (non-hydrogen) atoms. The quantitative estimate of drug-likeness (QED) is 0.858. The predicted molar refractivity (Wildman–Crippen MR) is 79.1 cm³/mol. The number of pyridine rings is 1. The van der Waals surface area contributed by atoms with Crippen molar-refractivity contribution in [3.05, 3.63) is 40.2 Å². The van der Waals surface area contributed by atoms with Gasteiger partial charge in [0, 0.05) is 6.20 Å². The summed E-state index contributed by atoms with van der Waals surface area (Å²) in [4.78, 5) is 20.8. The number of aryl methyl sites for hydroxylation is 2. The molecule has 2 aromatic heterocycles. The Morgan fingerprint density at radius 1 is 1.50 bits per heavy atom. The normalized spacial score (nSPS) is 10.3. The minimum atomic E-state index is -0.347. The standard InChI is InChI=1S/C14H17N3O2S/c1-4-10-6-5-7-15-11(10)8-16-14-17-9(2)12(20-14)13(18)19-3/h5-7H,4,8H2,1-3H3,(H,16,17). The van der Waals surface area contributed by atoms with Crippen molar-refractivity contribution in [2.45, 2.75) is 26.8 Å². The van der Waals surface area contributed by atoms with Crippen LogP contribution in [0.2, 0.25) is 0 Å². The summed E-state index contributed by atoms with van der Waals surface area (Å²) in [6.45, 7) is 4.49. The van der Waals surface area contributed by atoms with Crippen LogP contribution in [0.1, 0.15) is 33.5 Å². The van der Waals surface area contributed by atoms with Gasteiger partial charge in [-0.25, -0.2) is 9.78 Å². The molecule has 0 radical (unpaired) electrons. The lowest BCUT2D eigenvalue weighted by Gasteiger charge is -2.06. The van der Waals surface area contributed by atoms with Gasteiger partial charge in [-0.1, -0.05) is 24.3 Å². The van der Waals surface area contributed by atoms with Crippen molar-refractivity contribution in [2.24, 2.45) is 0 Å². The summed E-state index contributed by atoms with van der Waals surface area (Å²) < 4.78 is 4.72. The molecule has 2 aromatic rings. The van der Waals surface area contributed by atoms with E-state index in [4.69, 9.17) is 4.74 Å². The number of nitrogens with one attached hydrogen (secondary N) is 1. The Bertz CT molecular complexity index is 610. The molecule has 0 saturated heterocycles. The Kier molecular flexibility index (Phi) is 4.68. The van der Waals surface area contributed by atoms with Gasteiger partial charge in [0.2, 0.25) is 0 Å². The number of carbonyl (C=O) groups excluding carboxylic acids is 1. The monoisotopic (exact) mass is 291 g/mol. The predicted octanol–water partition coefficient (Wildman–Crippen LogP) is 2.81. The zero-order valence-corrected chi connectivity index (χ0v) is 12.6. The smallest absolute Gasteiger partial charge is 0.350 e. The van der Waals surface area contributed by atoms with Crippen molar-refractivity contribution in [1.29, 1.82) is 0 Å². The van der Waals surface area contributed by atoms with E-state index in [1.54, 1.807) is 13.1 Å². The Morgan fingerprint density at radius 2 is 2.30 bits per heavy atom. The van der Waals surface area contributed by atoms with Gasteiger partial charge in [-0.05, 0) is 25.0 Å². The van der Waals surface area contributed by atoms with E-state index in [1.165, 1.54) is 24.0 Å². The van der Waals surface area contributed by atoms with Gasteiger partial charge in [-0.2, -0.15) is 0 Å². The first kappa shape index (κ1) is 14.5. The number of thiazole rings is 1. The van der Waals surface area contributed by atoms with E-state index in [0.29, 0.717) is 22.2 Å². The molecule has 6 heteroatoms. The molecule has 0 aliphatic carbocycles. The van der Waals surface area contributed by atoms with Crippen molar-refractivity contribution in [3.8, 4) is 0 Å². The molecule has 0 aliphatic rings. The van der Waals surface area contributed by atoms with Crippen molar-refractivity contribution in [2.75, 3.05) is 12.4 Å². The highest BCUT2D eigenvalue weighted by Gasteiger charge is 2.15. The average Bonchev–Trinajstić information content (AvgIpc) is 2.85. The van der Waals surface area contributed by atoms with Crippen LogP contribution in [-0.2, 0) is 17.7 Å². The van der Waals surface area contributed by atoms with Crippen LogP contribution < -0.4 is 5.32 Å². The fourth-order valence-electron chi connectivity index (χ4n) is 1.87. The third-order valence-corrected chi connectivity index (χ3v) is 4.04. The maximum atomic E-state index is 11.5. The fraction of sp³-hybridized carbons (Fsp3) is 0.357. The molecular weight excluding hydrogens is 274 g/mol. The van der Waals surface area contributed by atoms with Crippen LogP contribution in [0.15, 0.2) is 18.3 Å². The van der Waals surface area contributed by atoms with Crippen LogP contribution in [0.3, 0.4) is 0 Å². The second-order valence-electron chi connectivity index (χ2n) is 4.24. The number of anilines is 1. The number of methoxy groups -OCH3 is 1. The Labute approximate surface area is 122 Å². The van der Waals surface area contributed by atoms with E-state index < -0.39 is 0 Å². The lowest BCUT2D eigenvalue weighted by Crippen LogP contribution is -2.04. The van der Waals surface area contributed by atoms with Gasteiger partial charge in [0.05, 0.1) is 25.0 Å². The first-order chi connectivity index (χ1) is 9.65. The summed E-state index contributed by atoms with van der Waals surface area (Å²) in [5.41, 5.74) is 2.89. The van der Waals surface area contributed by atoms with Gasteiger partial charge in [0.15, 0.2) is 5.13 Å². The molecule has 106 valence electrons. The van der Waals surface area contributed by atoms with Gasteiger partial charge >= 0.3 is 5.97 Å². The van der Waals surface area contributed by atoms with Crippen molar-refractivity contribution >= 4 is 22.4 Å². The molecular formula is C14H17N3O2S. The third kappa shape index (κ3) is 3.14. The Balaban J connectivity index is 2.10. The van der Waals surface area contributed by atoms with Crippen LogP contribution >= 0.6 is 11.3 Å². The van der Waals surface area contributed by atoms with E-state index in [9.17, 15) is 4.79 Å². The van der Waals surface area contributed by atoms with Crippen LogP contribution in [0.4, 0.5) is 5.13 Å². The van der Waals surface area contributed by atoms with Gasteiger partial charge < -0.3 is 10.1 Å². The molecule has 0 atom stereocenters. The highest BCUT2D eigenvalue weighted by molar-refractivity contribution is 7.17. The highest BCUT2D eigenvalue weighted by Crippen LogP contribution is 2.23. The van der Waals surface area contributed by atoms with Crippen LogP contribution in [0, 0.1) is 6.92 Å². The minimum Gasteiger partial charge on any atom is -0.465 e. The zero-order chi connectivity index (χ0) is 14.5. The molecule has 0 aromatic carbocycles. The van der Waals surface area contributed by atoms with E-state index in [0.717, 1.165) is 12.1 Å². The number of aromatic nitrogens is 2. The molecule has 2 rings (SSSR count). The SMILES string of the molecule is CCc1cccnc1CNc1nc(C)c(C(=O)OC)s1. The molecule has 2 heterocycles. The van der Waals surface area contributed by atoms with Crippen LogP contribution in [0.25, 0.3) is 0 Å². The number of esters is 1. The third-order valence-electron chi connectivity index (χ3n) is 2.94. The van der Waals surface area contributed by atoms with E-state index in [-0.39, 0.29) is 5.97 Å². The summed E-state index contributed by atoms with van der Waals surface area (Å²) in [5, 5.41) is 3.92. The number of hydrogen-bond donors (Lipinski definition) is 1. The number of nitrogens with zero attached hydrogens (tertiary/aromatic N) is 2. The number of hydrogen-bond acceptors (Lipinski definition) is 6. The molecule has 5 nitrogen and oxygen atoms in total. The Morgan fingerprint density at radius 3 is 3.00 bits per heavy atom. The summed E-state index contributed by atoms with van der Waals surface area (Å²) in [6.07, 6.45) is 2.72. The second kappa shape index (κ2) is 6.47. The van der Waals surface area contributed by atoms with Gasteiger partial charge in [0.25, 0.3) is 0 Å². The molecule has 0 amide bonds. The fourth-order valence-corrected chi connectivity index (χ4v) is 2.75. The lowest BCUT2D eigenvalue weighted by atomic mass is 10.1. The summed E-state index contributed by atoms with van der Waals surface area (Å²) in [7, 11) is 1.37. The number of ether oxygens (including phenoxy) is 1. The number of rotatable bonds is 5. The molecule has 0 bridgehead atoms. The van der Waals surface area contributed by atoms with E-state index in [1.807, 2.05) is 6.07 Å². The zero-order valence-electron chi connectivity index (χ0n) is 11.8. The van der Waals surface area contributed by atoms with Crippen molar-refractivity contribution in [3.63, 3.8) is 0 Å². The Hall–Kier alpha value is -1.95. The summed E-state index contributed by atoms with van der Waals surface area (Å²) >= 11 is 1.30. The minimum absolute atomic E-state index is 0.347. The van der Waals surface area contributed by atoms with Gasteiger partial charge in [-0.3, -0.25) is 4.98 Å².